The van der Waals surface area contributed by atoms with Crippen molar-refractivity contribution in [3.05, 3.63) is 42.1 Å². The first-order valence-corrected chi connectivity index (χ1v) is 5.20. The molecule has 0 fully saturated rings. The highest BCUT2D eigenvalue weighted by Crippen LogP contribution is 2.29. The van der Waals surface area contributed by atoms with Crippen molar-refractivity contribution >= 4 is 5.97 Å². The van der Waals surface area contributed by atoms with Crippen LogP contribution in [0.25, 0.3) is 11.3 Å². The molecule has 0 amide bonds. The fraction of sp³-hybridized carbons (Fsp3) is 0.0769. The molecule has 2 rings (SSSR count). The van der Waals surface area contributed by atoms with Gasteiger partial charge in [-0.1, -0.05) is 12.1 Å². The van der Waals surface area contributed by atoms with Crippen LogP contribution < -0.4 is 4.74 Å². The van der Waals surface area contributed by atoms with Crippen LogP contribution in [0.2, 0.25) is 0 Å². The van der Waals surface area contributed by atoms with Crippen molar-refractivity contribution < 1.29 is 19.7 Å². The molecular formula is C13H11NO4. The lowest BCUT2D eigenvalue weighted by molar-refractivity contribution is 0.0687. The maximum absolute atomic E-state index is 10.9. The van der Waals surface area contributed by atoms with Crippen LogP contribution in [-0.2, 0) is 0 Å². The zero-order valence-electron chi connectivity index (χ0n) is 9.62. The molecule has 18 heavy (non-hydrogen) atoms. The maximum atomic E-state index is 10.9. The van der Waals surface area contributed by atoms with E-state index < -0.39 is 5.97 Å². The highest BCUT2D eigenvalue weighted by Gasteiger charge is 2.14. The molecule has 0 radical (unpaired) electrons. The van der Waals surface area contributed by atoms with Gasteiger partial charge in [-0.05, 0) is 24.3 Å². The Morgan fingerprint density at radius 3 is 2.61 bits per heavy atom. The summed E-state index contributed by atoms with van der Waals surface area (Å²) in [6, 6.07) is 9.97. The van der Waals surface area contributed by atoms with Gasteiger partial charge in [0.15, 0.2) is 5.69 Å². The van der Waals surface area contributed by atoms with Crippen molar-refractivity contribution in [2.24, 2.45) is 0 Å². The van der Waals surface area contributed by atoms with Gasteiger partial charge < -0.3 is 14.9 Å². The summed E-state index contributed by atoms with van der Waals surface area (Å²) < 4.78 is 5.18. The zero-order chi connectivity index (χ0) is 13.1. The minimum atomic E-state index is -1.27. The summed E-state index contributed by atoms with van der Waals surface area (Å²) in [5, 5.41) is 18.3. The Morgan fingerprint density at radius 1 is 1.22 bits per heavy atom. The molecule has 0 spiro atoms. The van der Waals surface area contributed by atoms with Crippen LogP contribution in [0.15, 0.2) is 36.4 Å². The molecule has 0 saturated heterocycles. The van der Waals surface area contributed by atoms with E-state index in [-0.39, 0.29) is 11.4 Å². The van der Waals surface area contributed by atoms with E-state index in [1.165, 1.54) is 13.2 Å². The Balaban J connectivity index is 2.58. The van der Waals surface area contributed by atoms with Crippen molar-refractivity contribution in [2.45, 2.75) is 0 Å². The molecule has 0 aliphatic carbocycles. The third-order valence-corrected chi connectivity index (χ3v) is 2.46. The first-order chi connectivity index (χ1) is 8.63. The number of ether oxygens (including phenoxy) is 1. The van der Waals surface area contributed by atoms with E-state index in [1.807, 2.05) is 0 Å². The summed E-state index contributed by atoms with van der Waals surface area (Å²) in [7, 11) is 1.53. The number of hydrogen-bond donors (Lipinski definition) is 2. The average Bonchev–Trinajstić information content (AvgIpc) is 2.39. The van der Waals surface area contributed by atoms with Crippen LogP contribution in [0.4, 0.5) is 0 Å². The van der Waals surface area contributed by atoms with Gasteiger partial charge in [0.1, 0.15) is 11.5 Å². The van der Waals surface area contributed by atoms with E-state index in [9.17, 15) is 9.90 Å². The molecule has 0 unspecified atom stereocenters. The van der Waals surface area contributed by atoms with Crippen molar-refractivity contribution in [1.82, 2.24) is 4.98 Å². The number of benzene rings is 1. The third-order valence-electron chi connectivity index (χ3n) is 2.46. The number of aromatic nitrogens is 1. The standard InChI is InChI=1S/C13H11NO4/c1-18-11-5-3-2-4-8(11)9-6-7-10(15)12(14-9)13(16)17/h2-7,15H,1H3,(H,16,17). The van der Waals surface area contributed by atoms with Gasteiger partial charge in [-0.25, -0.2) is 9.78 Å². The van der Waals surface area contributed by atoms with Crippen molar-refractivity contribution in [2.75, 3.05) is 7.11 Å². The molecule has 0 aliphatic heterocycles. The normalized spacial score (nSPS) is 10.1. The highest BCUT2D eigenvalue weighted by atomic mass is 16.5. The Morgan fingerprint density at radius 2 is 1.94 bits per heavy atom. The fourth-order valence-electron chi connectivity index (χ4n) is 1.62. The molecule has 0 saturated carbocycles. The largest absolute Gasteiger partial charge is 0.505 e. The average molecular weight is 245 g/mol. The van der Waals surface area contributed by atoms with Gasteiger partial charge >= 0.3 is 5.97 Å². The molecule has 2 aromatic rings. The predicted octanol–water partition coefficient (Wildman–Crippen LogP) is 2.16. The summed E-state index contributed by atoms with van der Waals surface area (Å²) in [6.07, 6.45) is 0. The molecule has 0 aliphatic rings. The number of rotatable bonds is 3. The number of nitrogens with zero attached hydrogens (tertiary/aromatic N) is 1. The van der Waals surface area contributed by atoms with E-state index in [0.717, 1.165) is 0 Å². The second-order valence-corrected chi connectivity index (χ2v) is 3.57. The topological polar surface area (TPSA) is 79.7 Å². The first-order valence-electron chi connectivity index (χ1n) is 5.20. The number of carboxylic acid groups (broad SMARTS) is 1. The van der Waals surface area contributed by atoms with E-state index in [0.29, 0.717) is 17.0 Å². The number of carbonyl (C=O) groups is 1. The Kier molecular flexibility index (Phi) is 3.14. The lowest BCUT2D eigenvalue weighted by atomic mass is 10.1. The zero-order valence-corrected chi connectivity index (χ0v) is 9.62. The van der Waals surface area contributed by atoms with Gasteiger partial charge in [-0.3, -0.25) is 0 Å². The number of methoxy groups -OCH3 is 1. The molecule has 0 bridgehead atoms. The predicted molar refractivity (Wildman–Crippen MR) is 64.8 cm³/mol. The second kappa shape index (κ2) is 4.75. The van der Waals surface area contributed by atoms with E-state index in [4.69, 9.17) is 9.84 Å². The fourth-order valence-corrected chi connectivity index (χ4v) is 1.62. The molecular weight excluding hydrogens is 234 g/mol. The number of aromatic hydroxyl groups is 1. The van der Waals surface area contributed by atoms with Crippen molar-refractivity contribution in [3.63, 3.8) is 0 Å². The molecule has 5 nitrogen and oxygen atoms in total. The van der Waals surface area contributed by atoms with Crippen LogP contribution in [0.1, 0.15) is 10.5 Å². The molecule has 0 atom stereocenters. The van der Waals surface area contributed by atoms with Crippen LogP contribution >= 0.6 is 0 Å². The minimum Gasteiger partial charge on any atom is -0.505 e. The Labute approximate surface area is 103 Å². The van der Waals surface area contributed by atoms with Crippen molar-refractivity contribution in [1.29, 1.82) is 0 Å². The third kappa shape index (κ3) is 2.10. The van der Waals surface area contributed by atoms with Crippen LogP contribution in [-0.4, -0.2) is 28.3 Å². The first kappa shape index (κ1) is 11.9. The molecule has 92 valence electrons. The second-order valence-electron chi connectivity index (χ2n) is 3.57. The number of carboxylic acids is 1. The smallest absolute Gasteiger partial charge is 0.358 e. The number of pyridine rings is 1. The number of hydrogen-bond acceptors (Lipinski definition) is 4. The van der Waals surface area contributed by atoms with Gasteiger partial charge in [-0.2, -0.15) is 0 Å². The van der Waals surface area contributed by atoms with Gasteiger partial charge in [0.2, 0.25) is 0 Å². The van der Waals surface area contributed by atoms with Gasteiger partial charge in [0.05, 0.1) is 12.8 Å². The number of para-hydroxylation sites is 1. The molecule has 1 heterocycles. The molecule has 2 N–H and O–H groups in total. The van der Waals surface area contributed by atoms with E-state index in [1.54, 1.807) is 30.3 Å². The summed E-state index contributed by atoms with van der Waals surface area (Å²) in [5.74, 6) is -1.04. The summed E-state index contributed by atoms with van der Waals surface area (Å²) in [5.41, 5.74) is 0.726. The van der Waals surface area contributed by atoms with E-state index in [2.05, 4.69) is 4.98 Å². The Bertz CT molecular complexity index is 595. The minimum absolute atomic E-state index is 0.360. The molecule has 1 aromatic carbocycles. The summed E-state index contributed by atoms with van der Waals surface area (Å²) in [6.45, 7) is 0. The van der Waals surface area contributed by atoms with Crippen LogP contribution in [0, 0.1) is 0 Å². The Hall–Kier alpha value is -2.56. The highest BCUT2D eigenvalue weighted by molar-refractivity contribution is 5.89. The van der Waals surface area contributed by atoms with Crippen LogP contribution in [0.5, 0.6) is 11.5 Å². The van der Waals surface area contributed by atoms with Gasteiger partial charge in [0.25, 0.3) is 0 Å². The number of aromatic carboxylic acids is 1. The van der Waals surface area contributed by atoms with Gasteiger partial charge in [-0.15, -0.1) is 0 Å². The molecule has 1 aromatic heterocycles. The maximum Gasteiger partial charge on any atom is 0.358 e. The lowest BCUT2D eigenvalue weighted by Crippen LogP contribution is -2.02. The van der Waals surface area contributed by atoms with Crippen LogP contribution in [0.3, 0.4) is 0 Å². The van der Waals surface area contributed by atoms with Crippen molar-refractivity contribution in [3.8, 4) is 22.8 Å². The molecule has 5 heteroatoms. The lowest BCUT2D eigenvalue weighted by Gasteiger charge is -2.08. The summed E-state index contributed by atoms with van der Waals surface area (Å²) in [4.78, 5) is 14.8. The SMILES string of the molecule is COc1ccccc1-c1ccc(O)c(C(=O)O)n1. The quantitative estimate of drug-likeness (QED) is 0.866. The van der Waals surface area contributed by atoms with E-state index >= 15 is 0 Å². The summed E-state index contributed by atoms with van der Waals surface area (Å²) >= 11 is 0. The monoisotopic (exact) mass is 245 g/mol. The van der Waals surface area contributed by atoms with Gasteiger partial charge in [0, 0.05) is 5.56 Å².